The van der Waals surface area contributed by atoms with Crippen LogP contribution in [0.5, 0.6) is 0 Å². The molecule has 1 amide bonds. The first-order valence-electron chi connectivity index (χ1n) is 8.18. The zero-order valence-corrected chi connectivity index (χ0v) is 15.5. The lowest BCUT2D eigenvalue weighted by Gasteiger charge is -2.28. The number of nitrogens with zero attached hydrogens (tertiary/aromatic N) is 1. The lowest BCUT2D eigenvalue weighted by molar-refractivity contribution is -0.122. The number of hydrogen-bond acceptors (Lipinski definition) is 4. The van der Waals surface area contributed by atoms with Gasteiger partial charge in [0, 0.05) is 45.2 Å². The van der Waals surface area contributed by atoms with Crippen molar-refractivity contribution in [2.75, 3.05) is 39.4 Å². The predicted molar refractivity (Wildman–Crippen MR) is 100 cm³/mol. The molecule has 3 rings (SSSR count). The van der Waals surface area contributed by atoms with Crippen molar-refractivity contribution in [1.82, 2.24) is 15.5 Å². The highest BCUT2D eigenvalue weighted by atomic mass is 35.5. The van der Waals surface area contributed by atoms with Gasteiger partial charge in [-0.05, 0) is 17.5 Å². The van der Waals surface area contributed by atoms with Gasteiger partial charge < -0.3 is 15.4 Å². The van der Waals surface area contributed by atoms with E-state index < -0.39 is 0 Å². The van der Waals surface area contributed by atoms with Gasteiger partial charge >= 0.3 is 0 Å². The Morgan fingerprint density at radius 2 is 2.08 bits per heavy atom. The van der Waals surface area contributed by atoms with Crippen molar-refractivity contribution in [3.05, 3.63) is 35.4 Å². The van der Waals surface area contributed by atoms with Crippen LogP contribution in [0, 0.1) is 0 Å². The van der Waals surface area contributed by atoms with Crippen LogP contribution < -0.4 is 10.6 Å². The summed E-state index contributed by atoms with van der Waals surface area (Å²) in [6, 6.07) is 8.79. The second kappa shape index (κ2) is 10.9. The normalized spacial score (nSPS) is 20.2. The molecule has 0 spiro atoms. The van der Waals surface area contributed by atoms with Crippen molar-refractivity contribution in [1.29, 1.82) is 0 Å². The number of fused-ring (bicyclic) bond motifs is 1. The van der Waals surface area contributed by atoms with Gasteiger partial charge in [-0.2, -0.15) is 0 Å². The second-order valence-electron chi connectivity index (χ2n) is 6.07. The molecule has 2 aliphatic rings. The number of morpholine rings is 1. The summed E-state index contributed by atoms with van der Waals surface area (Å²) in [6.07, 6.45) is 1.61. The predicted octanol–water partition coefficient (Wildman–Crippen LogP) is 1.38. The number of carbonyl (C=O) groups is 1. The lowest BCUT2D eigenvalue weighted by atomic mass is 10.00. The molecule has 2 N–H and O–H groups in total. The van der Waals surface area contributed by atoms with Gasteiger partial charge in [0.25, 0.3) is 0 Å². The van der Waals surface area contributed by atoms with Crippen molar-refractivity contribution in [3.8, 4) is 0 Å². The van der Waals surface area contributed by atoms with E-state index in [-0.39, 0.29) is 36.8 Å². The van der Waals surface area contributed by atoms with Crippen LogP contribution in [0.3, 0.4) is 0 Å². The Kier molecular flexibility index (Phi) is 9.63. The topological polar surface area (TPSA) is 53.6 Å². The van der Waals surface area contributed by atoms with Crippen molar-refractivity contribution in [2.45, 2.75) is 25.4 Å². The minimum atomic E-state index is 0. The number of amides is 1. The molecule has 1 aromatic rings. The molecule has 5 nitrogen and oxygen atoms in total. The second-order valence-corrected chi connectivity index (χ2v) is 6.07. The number of nitrogens with one attached hydrogen (secondary N) is 2. The van der Waals surface area contributed by atoms with Crippen molar-refractivity contribution in [3.63, 3.8) is 0 Å². The summed E-state index contributed by atoms with van der Waals surface area (Å²) in [5, 5.41) is 6.33. The van der Waals surface area contributed by atoms with Crippen LogP contribution in [0.15, 0.2) is 24.3 Å². The molecule has 0 aromatic heterocycles. The highest BCUT2D eigenvalue weighted by molar-refractivity contribution is 5.85. The lowest BCUT2D eigenvalue weighted by Crippen LogP contribution is -2.45. The molecule has 0 bridgehead atoms. The fraction of sp³-hybridized carbons (Fsp3) is 0.588. The number of carbonyl (C=O) groups excluding carboxylic acids is 1. The highest BCUT2D eigenvalue weighted by Gasteiger charge is 2.18. The standard InChI is InChI=1S/C17H25N3O2.2ClH/c21-17(11-16-13-22-10-7-18-16)19-6-9-20-8-5-14-3-1-2-4-15(14)12-20;;/h1-4,16,18H,5-13H2,(H,19,21);2*1H. The molecular weight excluding hydrogens is 349 g/mol. The summed E-state index contributed by atoms with van der Waals surface area (Å²) >= 11 is 0. The maximum Gasteiger partial charge on any atom is 0.221 e. The molecule has 0 saturated carbocycles. The van der Waals surface area contributed by atoms with Crippen molar-refractivity contribution < 1.29 is 9.53 Å². The van der Waals surface area contributed by atoms with E-state index in [0.29, 0.717) is 19.6 Å². The molecule has 136 valence electrons. The van der Waals surface area contributed by atoms with Crippen molar-refractivity contribution in [2.24, 2.45) is 0 Å². The number of halogens is 2. The average molecular weight is 376 g/mol. The Hall–Kier alpha value is -0.850. The summed E-state index contributed by atoms with van der Waals surface area (Å²) in [7, 11) is 0. The first-order chi connectivity index (χ1) is 10.8. The van der Waals surface area contributed by atoms with Gasteiger partial charge in [-0.15, -0.1) is 24.8 Å². The third-order valence-electron chi connectivity index (χ3n) is 4.39. The quantitative estimate of drug-likeness (QED) is 0.816. The van der Waals surface area contributed by atoms with Crippen molar-refractivity contribution >= 4 is 30.7 Å². The van der Waals surface area contributed by atoms with E-state index in [4.69, 9.17) is 4.74 Å². The van der Waals surface area contributed by atoms with E-state index in [0.717, 1.165) is 39.2 Å². The highest BCUT2D eigenvalue weighted by Crippen LogP contribution is 2.17. The van der Waals surface area contributed by atoms with Gasteiger partial charge in [-0.3, -0.25) is 9.69 Å². The van der Waals surface area contributed by atoms with Crippen LogP contribution in [0.25, 0.3) is 0 Å². The van der Waals surface area contributed by atoms with Crippen LogP contribution in [-0.2, 0) is 22.5 Å². The molecule has 0 radical (unpaired) electrons. The fourth-order valence-corrected chi connectivity index (χ4v) is 3.15. The van der Waals surface area contributed by atoms with Crippen LogP contribution in [0.1, 0.15) is 17.5 Å². The smallest absolute Gasteiger partial charge is 0.221 e. The van der Waals surface area contributed by atoms with Gasteiger partial charge in [0.2, 0.25) is 5.91 Å². The molecule has 2 heterocycles. The van der Waals surface area contributed by atoms with E-state index in [9.17, 15) is 4.79 Å². The van der Waals surface area contributed by atoms with Gasteiger partial charge in [-0.1, -0.05) is 24.3 Å². The minimum Gasteiger partial charge on any atom is -0.378 e. The van der Waals surface area contributed by atoms with Crippen LogP contribution >= 0.6 is 24.8 Å². The van der Waals surface area contributed by atoms with Crippen LogP contribution in [0.2, 0.25) is 0 Å². The Morgan fingerprint density at radius 1 is 1.29 bits per heavy atom. The molecule has 0 aliphatic carbocycles. The number of ether oxygens (including phenoxy) is 1. The third-order valence-corrected chi connectivity index (χ3v) is 4.39. The van der Waals surface area contributed by atoms with E-state index in [1.54, 1.807) is 0 Å². The number of rotatable bonds is 5. The Morgan fingerprint density at radius 3 is 2.83 bits per heavy atom. The monoisotopic (exact) mass is 375 g/mol. The Labute approximate surface area is 156 Å². The summed E-state index contributed by atoms with van der Waals surface area (Å²) < 4.78 is 5.37. The molecule has 2 aliphatic heterocycles. The molecule has 1 aromatic carbocycles. The molecule has 1 unspecified atom stereocenters. The SMILES string of the molecule is Cl.Cl.O=C(CC1COCCN1)NCCN1CCc2ccccc2C1. The first kappa shape index (κ1) is 21.2. The van der Waals surface area contributed by atoms with Gasteiger partial charge in [0.1, 0.15) is 0 Å². The zero-order chi connectivity index (χ0) is 15.2. The maximum atomic E-state index is 11.9. The van der Waals surface area contributed by atoms with E-state index in [1.807, 2.05) is 0 Å². The number of benzene rings is 1. The average Bonchev–Trinajstić information content (AvgIpc) is 2.55. The summed E-state index contributed by atoms with van der Waals surface area (Å²) in [5.74, 6) is 0.111. The number of hydrogen-bond donors (Lipinski definition) is 2. The van der Waals surface area contributed by atoms with E-state index in [2.05, 4.69) is 39.8 Å². The molecular formula is C17H27Cl2N3O2. The van der Waals surface area contributed by atoms with Gasteiger partial charge in [0.05, 0.1) is 13.2 Å². The summed E-state index contributed by atoms with van der Waals surface area (Å²) in [4.78, 5) is 14.3. The van der Waals surface area contributed by atoms with Gasteiger partial charge in [0.15, 0.2) is 0 Å². The largest absolute Gasteiger partial charge is 0.378 e. The fourth-order valence-electron chi connectivity index (χ4n) is 3.15. The van der Waals surface area contributed by atoms with Crippen LogP contribution in [-0.4, -0.2) is 56.2 Å². The van der Waals surface area contributed by atoms with Gasteiger partial charge in [-0.25, -0.2) is 0 Å². The molecule has 1 atom stereocenters. The third kappa shape index (κ3) is 6.22. The Balaban J connectivity index is 0.00000144. The van der Waals surface area contributed by atoms with E-state index in [1.165, 1.54) is 11.1 Å². The zero-order valence-electron chi connectivity index (χ0n) is 13.8. The molecule has 1 saturated heterocycles. The van der Waals surface area contributed by atoms with Crippen LogP contribution in [0.4, 0.5) is 0 Å². The maximum absolute atomic E-state index is 11.9. The van der Waals surface area contributed by atoms with E-state index >= 15 is 0 Å². The summed E-state index contributed by atoms with van der Waals surface area (Å²) in [6.45, 7) is 5.91. The first-order valence-corrected chi connectivity index (χ1v) is 8.18. The molecule has 1 fully saturated rings. The Bertz CT molecular complexity index is 510. The molecule has 24 heavy (non-hydrogen) atoms. The molecule has 7 heteroatoms. The summed E-state index contributed by atoms with van der Waals surface area (Å²) in [5.41, 5.74) is 2.88. The minimum absolute atomic E-state index is 0.